The van der Waals surface area contributed by atoms with Gasteiger partial charge in [0, 0.05) is 22.1 Å². The molecule has 3 aromatic heterocycles. The van der Waals surface area contributed by atoms with Gasteiger partial charge in [0.2, 0.25) is 0 Å². The van der Waals surface area contributed by atoms with E-state index < -0.39 is 6.10 Å². The standard InChI is InChI=1S/C32H37N3O/c1-7-22-18(5)26-14-20-11-12-32(36)21(13-20)15-27-19(6)23(8-2)29(34-27)17-31-25(10-4)24(9-3)30(35-31)16-28(22)33-26/h11-17,32,34-36H,7-10H2,1-6H3. The van der Waals surface area contributed by atoms with Crippen LogP contribution in [0.4, 0.5) is 0 Å². The minimum Gasteiger partial charge on any atom is -0.384 e. The minimum atomic E-state index is -0.630. The number of hydrogen-bond donors (Lipinski definition) is 3. The van der Waals surface area contributed by atoms with Crippen molar-refractivity contribution in [3.05, 3.63) is 81.2 Å². The largest absolute Gasteiger partial charge is 0.384 e. The van der Waals surface area contributed by atoms with E-state index in [9.17, 15) is 5.11 Å². The number of fused-ring (bicyclic) bond motifs is 8. The molecule has 36 heavy (non-hydrogen) atoms. The Labute approximate surface area is 213 Å². The molecule has 0 saturated heterocycles. The van der Waals surface area contributed by atoms with Crippen LogP contribution in [0, 0.1) is 6.92 Å². The number of aromatic amines is 2. The number of aliphatic hydroxyl groups is 1. The van der Waals surface area contributed by atoms with Crippen molar-refractivity contribution >= 4 is 39.3 Å². The summed E-state index contributed by atoms with van der Waals surface area (Å²) < 4.78 is 0. The molecule has 1 unspecified atom stereocenters. The van der Waals surface area contributed by atoms with E-state index in [2.05, 4.69) is 81.8 Å². The number of hydrogen-bond acceptors (Lipinski definition) is 2. The number of aliphatic hydroxyl groups excluding tert-OH is 1. The average molecular weight is 480 g/mol. The Bertz CT molecular complexity index is 1560. The van der Waals surface area contributed by atoms with Gasteiger partial charge in [-0.15, -0.1) is 0 Å². The molecule has 3 aromatic rings. The molecule has 0 spiro atoms. The molecule has 0 amide bonds. The van der Waals surface area contributed by atoms with Gasteiger partial charge < -0.3 is 15.1 Å². The van der Waals surface area contributed by atoms with Gasteiger partial charge in [-0.25, -0.2) is 4.98 Å². The third kappa shape index (κ3) is 4.04. The number of H-pyrrole nitrogens is 2. The van der Waals surface area contributed by atoms with Crippen LogP contribution in [0.5, 0.6) is 0 Å². The summed E-state index contributed by atoms with van der Waals surface area (Å²) in [7, 11) is 0. The Kier molecular flexibility index (Phi) is 6.48. The van der Waals surface area contributed by atoms with Gasteiger partial charge in [0.25, 0.3) is 0 Å². The van der Waals surface area contributed by atoms with Gasteiger partial charge in [0.05, 0.1) is 17.5 Å². The maximum atomic E-state index is 10.8. The molecule has 1 aliphatic carbocycles. The zero-order chi connectivity index (χ0) is 25.6. The molecule has 186 valence electrons. The van der Waals surface area contributed by atoms with Gasteiger partial charge in [-0.05, 0) is 114 Å². The van der Waals surface area contributed by atoms with Crippen molar-refractivity contribution < 1.29 is 5.11 Å². The first-order chi connectivity index (χ1) is 17.4. The highest BCUT2D eigenvalue weighted by Crippen LogP contribution is 2.34. The van der Waals surface area contributed by atoms with Gasteiger partial charge >= 0.3 is 0 Å². The fraction of sp³-hybridized carbons (Fsp3) is 0.344. The number of aryl methyl sites for hydroxylation is 4. The van der Waals surface area contributed by atoms with Crippen molar-refractivity contribution in [1.29, 1.82) is 0 Å². The first-order valence-electron chi connectivity index (χ1n) is 13.3. The second kappa shape index (κ2) is 9.59. The van der Waals surface area contributed by atoms with Crippen LogP contribution in [0.15, 0.2) is 36.4 Å². The highest BCUT2D eigenvalue weighted by atomic mass is 16.3. The summed E-state index contributed by atoms with van der Waals surface area (Å²) in [5.74, 6) is 0. The molecule has 0 saturated carbocycles. The molecule has 0 radical (unpaired) electrons. The summed E-state index contributed by atoms with van der Waals surface area (Å²) in [6.45, 7) is 13.2. The molecule has 1 aliphatic heterocycles. The van der Waals surface area contributed by atoms with Crippen LogP contribution in [-0.4, -0.2) is 20.1 Å². The van der Waals surface area contributed by atoms with Crippen molar-refractivity contribution in [2.24, 2.45) is 0 Å². The lowest BCUT2D eigenvalue weighted by Gasteiger charge is -2.10. The van der Waals surface area contributed by atoms with E-state index in [0.29, 0.717) is 0 Å². The number of aromatic nitrogens is 3. The number of rotatable bonds is 4. The summed E-state index contributed by atoms with van der Waals surface area (Å²) in [4.78, 5) is 12.5. The van der Waals surface area contributed by atoms with Crippen molar-refractivity contribution in [1.82, 2.24) is 15.0 Å². The molecule has 5 rings (SSSR count). The molecule has 3 N–H and O–H groups in total. The van der Waals surface area contributed by atoms with Crippen LogP contribution in [0.1, 0.15) is 91.9 Å². The Morgan fingerprint density at radius 3 is 2.03 bits per heavy atom. The van der Waals surface area contributed by atoms with Crippen LogP contribution in [0.3, 0.4) is 0 Å². The molecule has 4 heterocycles. The highest BCUT2D eigenvalue weighted by molar-refractivity contribution is 5.92. The molecule has 8 bridgehead atoms. The molecule has 4 nitrogen and oxygen atoms in total. The van der Waals surface area contributed by atoms with Crippen molar-refractivity contribution in [3.8, 4) is 0 Å². The monoisotopic (exact) mass is 479 g/mol. The van der Waals surface area contributed by atoms with Gasteiger partial charge in [-0.3, -0.25) is 0 Å². The van der Waals surface area contributed by atoms with Crippen LogP contribution in [0.25, 0.3) is 39.3 Å². The van der Waals surface area contributed by atoms with Gasteiger partial charge in [0.1, 0.15) is 0 Å². The Balaban J connectivity index is 1.99. The van der Waals surface area contributed by atoms with E-state index in [1.54, 1.807) is 0 Å². The Morgan fingerprint density at radius 1 is 0.722 bits per heavy atom. The van der Waals surface area contributed by atoms with Crippen LogP contribution in [-0.2, 0) is 19.3 Å². The summed E-state index contributed by atoms with van der Waals surface area (Å²) in [5.41, 5.74) is 16.3. The summed E-state index contributed by atoms with van der Waals surface area (Å²) in [5, 5.41) is 10.8. The zero-order valence-corrected chi connectivity index (χ0v) is 22.3. The lowest BCUT2D eigenvalue weighted by atomic mass is 9.99. The number of nitrogens with one attached hydrogen (secondary N) is 2. The molecule has 4 heteroatoms. The van der Waals surface area contributed by atoms with Crippen LogP contribution in [0.2, 0.25) is 0 Å². The van der Waals surface area contributed by atoms with Crippen molar-refractivity contribution in [2.45, 2.75) is 73.3 Å². The number of nitrogens with zero attached hydrogens (tertiary/aromatic N) is 1. The van der Waals surface area contributed by atoms with Crippen molar-refractivity contribution in [3.63, 3.8) is 0 Å². The van der Waals surface area contributed by atoms with Gasteiger partial charge in [0.15, 0.2) is 0 Å². The topological polar surface area (TPSA) is 64.7 Å². The number of allylic oxidation sites excluding steroid dienone is 2. The molecule has 0 fully saturated rings. The van der Waals surface area contributed by atoms with Gasteiger partial charge in [-0.1, -0.05) is 39.8 Å². The Morgan fingerprint density at radius 2 is 1.36 bits per heavy atom. The fourth-order valence-electron chi connectivity index (χ4n) is 5.87. The van der Waals surface area contributed by atoms with Gasteiger partial charge in [-0.2, -0.15) is 0 Å². The SMILES string of the molecule is CCC1=C(C)c2cc3cc(cc4[nH]c(cc5[nH]c(cc1n2)c(CC)c5CC)c(CC)c4C)C(O)C=C3. The first-order valence-corrected chi connectivity index (χ1v) is 13.3. The van der Waals surface area contributed by atoms with E-state index in [0.717, 1.165) is 64.7 Å². The van der Waals surface area contributed by atoms with E-state index >= 15 is 0 Å². The maximum Gasteiger partial charge on any atom is 0.0976 e. The first kappa shape index (κ1) is 24.3. The maximum absolute atomic E-state index is 10.8. The summed E-state index contributed by atoms with van der Waals surface area (Å²) in [6.07, 6.45) is 7.03. The van der Waals surface area contributed by atoms with Crippen LogP contribution < -0.4 is 0 Å². The molecule has 2 aliphatic rings. The third-order valence-electron chi connectivity index (χ3n) is 7.87. The highest BCUT2D eigenvalue weighted by Gasteiger charge is 2.18. The van der Waals surface area contributed by atoms with E-state index in [-0.39, 0.29) is 0 Å². The molecular weight excluding hydrogens is 442 g/mol. The van der Waals surface area contributed by atoms with Crippen molar-refractivity contribution in [2.75, 3.05) is 0 Å². The van der Waals surface area contributed by atoms with Crippen LogP contribution >= 0.6 is 0 Å². The molecule has 1 atom stereocenters. The summed E-state index contributed by atoms with van der Waals surface area (Å²) >= 11 is 0. The predicted octanol–water partition coefficient (Wildman–Crippen LogP) is 8.00. The normalized spacial score (nSPS) is 15.6. The van der Waals surface area contributed by atoms with E-state index in [4.69, 9.17) is 4.98 Å². The second-order valence-electron chi connectivity index (χ2n) is 9.89. The Hall–Kier alpha value is -3.37. The third-order valence-corrected chi connectivity index (χ3v) is 7.87. The second-order valence-corrected chi connectivity index (χ2v) is 9.89. The minimum absolute atomic E-state index is 0.630. The molecular formula is C32H37N3O. The molecule has 0 aromatic carbocycles. The average Bonchev–Trinajstić information content (AvgIpc) is 3.45. The quantitative estimate of drug-likeness (QED) is 0.355. The smallest absolute Gasteiger partial charge is 0.0976 e. The lowest BCUT2D eigenvalue weighted by molar-refractivity contribution is 0.229. The summed E-state index contributed by atoms with van der Waals surface area (Å²) in [6, 6.07) is 10.8. The zero-order valence-electron chi connectivity index (χ0n) is 22.3. The predicted molar refractivity (Wildman–Crippen MR) is 153 cm³/mol. The fourth-order valence-corrected chi connectivity index (χ4v) is 5.87. The lowest BCUT2D eigenvalue weighted by Crippen LogP contribution is -1.96. The van der Waals surface area contributed by atoms with E-state index in [1.165, 1.54) is 38.9 Å². The van der Waals surface area contributed by atoms with E-state index in [1.807, 2.05) is 12.2 Å².